The number of allylic oxidation sites excluding steroid dienone is 2. The van der Waals surface area contributed by atoms with Gasteiger partial charge in [-0.2, -0.15) is 10.3 Å². The normalized spacial score (nSPS) is 15.8. The minimum absolute atomic E-state index is 0.430. The van der Waals surface area contributed by atoms with Crippen LogP contribution in [0.1, 0.15) is 0 Å². The Balaban J connectivity index is 2.05. The van der Waals surface area contributed by atoms with Gasteiger partial charge in [-0.25, -0.2) is 0 Å². The third-order valence-electron chi connectivity index (χ3n) is 1.36. The van der Waals surface area contributed by atoms with Gasteiger partial charge >= 0.3 is 0 Å². The molecule has 0 aliphatic carbocycles. The number of aromatic amines is 1. The summed E-state index contributed by atoms with van der Waals surface area (Å²) in [5.41, 5.74) is 0. The summed E-state index contributed by atoms with van der Waals surface area (Å²) < 4.78 is 5.13. The van der Waals surface area contributed by atoms with Crippen LogP contribution < -0.4 is 0 Å². The first-order chi connectivity index (χ1) is 6.45. The number of hydrogen-bond acceptors (Lipinski definition) is 5. The van der Waals surface area contributed by atoms with E-state index in [1.165, 1.54) is 6.20 Å². The lowest BCUT2D eigenvalue weighted by molar-refractivity contribution is 0.238. The van der Waals surface area contributed by atoms with E-state index in [1.807, 2.05) is 12.2 Å². The van der Waals surface area contributed by atoms with Crippen LogP contribution in [0.15, 0.2) is 40.5 Å². The highest BCUT2D eigenvalue weighted by Gasteiger charge is 1.97. The molecule has 13 heavy (non-hydrogen) atoms. The molecular weight excluding hydrogens is 170 g/mol. The summed E-state index contributed by atoms with van der Waals surface area (Å²) in [6, 6.07) is 0. The van der Waals surface area contributed by atoms with Crippen molar-refractivity contribution in [3.63, 3.8) is 0 Å². The number of rotatable bonds is 2. The van der Waals surface area contributed by atoms with Gasteiger partial charge in [0.05, 0.1) is 6.20 Å². The first-order valence-electron chi connectivity index (χ1n) is 3.72. The summed E-state index contributed by atoms with van der Waals surface area (Å²) in [4.78, 5) is 0. The van der Waals surface area contributed by atoms with Crippen molar-refractivity contribution in [3.05, 3.63) is 30.3 Å². The zero-order valence-electron chi connectivity index (χ0n) is 6.71. The number of ether oxygens (including phenoxy) is 1. The van der Waals surface area contributed by atoms with Crippen LogP contribution in [0, 0.1) is 0 Å². The molecule has 0 unspecified atom stereocenters. The van der Waals surface area contributed by atoms with Crippen LogP contribution in [0.2, 0.25) is 0 Å². The first kappa shape index (κ1) is 7.66. The lowest BCUT2D eigenvalue weighted by Crippen LogP contribution is -1.92. The van der Waals surface area contributed by atoms with Crippen molar-refractivity contribution in [2.24, 2.45) is 10.2 Å². The van der Waals surface area contributed by atoms with Crippen molar-refractivity contribution >= 4 is 5.82 Å². The third-order valence-corrected chi connectivity index (χ3v) is 1.36. The van der Waals surface area contributed by atoms with Crippen molar-refractivity contribution in [3.8, 4) is 0 Å². The van der Waals surface area contributed by atoms with E-state index in [0.29, 0.717) is 18.3 Å². The minimum atomic E-state index is 0.430. The average Bonchev–Trinajstić information content (AvgIpc) is 2.69. The molecule has 1 aliphatic rings. The van der Waals surface area contributed by atoms with Gasteiger partial charge in [-0.05, 0) is 6.08 Å². The number of hydrogen-bond donors (Lipinski definition) is 1. The molecule has 66 valence electrons. The van der Waals surface area contributed by atoms with Crippen LogP contribution in [0.25, 0.3) is 0 Å². The third kappa shape index (κ3) is 1.98. The molecule has 0 bridgehead atoms. The molecule has 6 heteroatoms. The summed E-state index contributed by atoms with van der Waals surface area (Å²) in [7, 11) is 0. The maximum absolute atomic E-state index is 5.13. The van der Waals surface area contributed by atoms with Gasteiger partial charge in [0.25, 0.3) is 0 Å². The van der Waals surface area contributed by atoms with E-state index < -0.39 is 0 Å². The summed E-state index contributed by atoms with van der Waals surface area (Å²) in [6.07, 6.45) is 6.95. The fourth-order valence-corrected chi connectivity index (χ4v) is 0.794. The van der Waals surface area contributed by atoms with E-state index in [4.69, 9.17) is 4.74 Å². The Labute approximate surface area is 74.0 Å². The fourth-order valence-electron chi connectivity index (χ4n) is 0.794. The molecule has 0 atom stereocenters. The maximum atomic E-state index is 5.13. The topological polar surface area (TPSA) is 75.5 Å². The summed E-state index contributed by atoms with van der Waals surface area (Å²) in [5.74, 6) is 0.907. The van der Waals surface area contributed by atoms with Gasteiger partial charge in [-0.3, -0.25) is 0 Å². The molecule has 0 saturated carbocycles. The Morgan fingerprint density at radius 1 is 1.46 bits per heavy atom. The van der Waals surface area contributed by atoms with Crippen molar-refractivity contribution in [2.75, 3.05) is 6.61 Å². The summed E-state index contributed by atoms with van der Waals surface area (Å²) in [6.45, 7) is 0.531. The predicted octanol–water partition coefficient (Wildman–Crippen LogP) is 1.32. The van der Waals surface area contributed by atoms with Crippen LogP contribution in [-0.4, -0.2) is 22.0 Å². The largest absolute Gasteiger partial charge is 0.472 e. The zero-order chi connectivity index (χ0) is 8.93. The van der Waals surface area contributed by atoms with E-state index in [-0.39, 0.29) is 0 Å². The lowest BCUT2D eigenvalue weighted by atomic mass is 10.4. The maximum Gasteiger partial charge on any atom is 0.233 e. The molecule has 0 spiro atoms. The van der Waals surface area contributed by atoms with Crippen molar-refractivity contribution in [1.82, 2.24) is 15.4 Å². The Bertz CT molecular complexity index is 351. The fraction of sp³-hybridized carbons (Fsp3) is 0.143. The summed E-state index contributed by atoms with van der Waals surface area (Å²) in [5, 5.41) is 17.3. The summed E-state index contributed by atoms with van der Waals surface area (Å²) >= 11 is 0. The molecule has 1 N–H and O–H groups in total. The Kier molecular flexibility index (Phi) is 2.13. The van der Waals surface area contributed by atoms with Gasteiger partial charge in [0.15, 0.2) is 0 Å². The molecular formula is C7H7N5O. The Morgan fingerprint density at radius 2 is 2.46 bits per heavy atom. The first-order valence-corrected chi connectivity index (χ1v) is 3.72. The van der Waals surface area contributed by atoms with E-state index in [2.05, 4.69) is 25.6 Å². The second kappa shape index (κ2) is 3.61. The number of nitrogens with one attached hydrogen (secondary N) is 1. The van der Waals surface area contributed by atoms with Crippen LogP contribution in [-0.2, 0) is 4.74 Å². The lowest BCUT2D eigenvalue weighted by Gasteiger charge is -2.03. The molecule has 2 heterocycles. The number of azo groups is 1. The van der Waals surface area contributed by atoms with Gasteiger partial charge in [0, 0.05) is 6.08 Å². The highest BCUT2D eigenvalue weighted by molar-refractivity contribution is 5.18. The van der Waals surface area contributed by atoms with Crippen molar-refractivity contribution in [2.45, 2.75) is 0 Å². The number of nitrogens with zero attached hydrogens (tertiary/aromatic N) is 4. The van der Waals surface area contributed by atoms with Crippen molar-refractivity contribution < 1.29 is 4.74 Å². The molecule has 2 rings (SSSR count). The molecule has 1 aromatic heterocycles. The number of H-pyrrole nitrogens is 1. The zero-order valence-corrected chi connectivity index (χ0v) is 6.71. The smallest absolute Gasteiger partial charge is 0.233 e. The molecule has 0 saturated heterocycles. The predicted molar refractivity (Wildman–Crippen MR) is 44.1 cm³/mol. The van der Waals surface area contributed by atoms with Crippen LogP contribution >= 0.6 is 0 Å². The van der Waals surface area contributed by atoms with Gasteiger partial charge in [-0.15, -0.1) is 15.3 Å². The Hall–Kier alpha value is -1.98. The van der Waals surface area contributed by atoms with E-state index in [9.17, 15) is 0 Å². The molecule has 0 radical (unpaired) electrons. The molecule has 1 aliphatic heterocycles. The molecule has 0 aromatic carbocycles. The second-order valence-electron chi connectivity index (χ2n) is 2.27. The quantitative estimate of drug-likeness (QED) is 0.692. The van der Waals surface area contributed by atoms with E-state index in [0.717, 1.165) is 0 Å². The van der Waals surface area contributed by atoms with Crippen LogP contribution in [0.3, 0.4) is 0 Å². The number of aromatic nitrogens is 3. The second-order valence-corrected chi connectivity index (χ2v) is 2.27. The SMILES string of the molecule is C1=CCOC(N=Nc2cn[nH]n2)=C1. The highest BCUT2D eigenvalue weighted by Crippen LogP contribution is 2.10. The average molecular weight is 177 g/mol. The van der Waals surface area contributed by atoms with Gasteiger partial charge in [-0.1, -0.05) is 6.08 Å². The van der Waals surface area contributed by atoms with Crippen LogP contribution in [0.5, 0.6) is 0 Å². The van der Waals surface area contributed by atoms with Gasteiger partial charge in [0.2, 0.25) is 11.7 Å². The minimum Gasteiger partial charge on any atom is -0.472 e. The molecule has 1 aromatic rings. The molecule has 0 fully saturated rings. The molecule has 6 nitrogen and oxygen atoms in total. The molecule has 0 amide bonds. The van der Waals surface area contributed by atoms with Gasteiger partial charge in [0.1, 0.15) is 6.61 Å². The Morgan fingerprint density at radius 3 is 3.15 bits per heavy atom. The van der Waals surface area contributed by atoms with E-state index >= 15 is 0 Å². The van der Waals surface area contributed by atoms with E-state index in [1.54, 1.807) is 6.08 Å². The van der Waals surface area contributed by atoms with Crippen molar-refractivity contribution in [1.29, 1.82) is 0 Å². The van der Waals surface area contributed by atoms with Gasteiger partial charge < -0.3 is 4.74 Å². The highest BCUT2D eigenvalue weighted by atomic mass is 16.5. The van der Waals surface area contributed by atoms with Crippen LogP contribution in [0.4, 0.5) is 5.82 Å². The standard InChI is InChI=1S/C7H7N5O/c1-2-4-13-7(3-1)11-9-6-5-8-12-10-6/h1-3,5H,4H2,(H,8,10,12). The monoisotopic (exact) mass is 177 g/mol.